The summed E-state index contributed by atoms with van der Waals surface area (Å²) in [6.07, 6.45) is 2.69. The smallest absolute Gasteiger partial charge is 0.200 e. The summed E-state index contributed by atoms with van der Waals surface area (Å²) < 4.78 is 23.1. The van der Waals surface area contributed by atoms with Crippen LogP contribution in [0.15, 0.2) is 39.5 Å². The highest BCUT2D eigenvalue weighted by Crippen LogP contribution is 2.35. The summed E-state index contributed by atoms with van der Waals surface area (Å²) in [5, 5.41) is 0.558. The Bertz CT molecular complexity index is 1080. The number of benzene rings is 2. The van der Waals surface area contributed by atoms with Crippen LogP contribution in [0.2, 0.25) is 0 Å². The van der Waals surface area contributed by atoms with Gasteiger partial charge in [-0.05, 0) is 55.5 Å². The van der Waals surface area contributed by atoms with Gasteiger partial charge in [-0.15, -0.1) is 0 Å². The van der Waals surface area contributed by atoms with Crippen molar-refractivity contribution in [2.75, 3.05) is 20.3 Å². The topological polar surface area (TPSA) is 57.9 Å². The van der Waals surface area contributed by atoms with Crippen LogP contribution in [-0.4, -0.2) is 20.3 Å². The van der Waals surface area contributed by atoms with Crippen LogP contribution in [0.25, 0.3) is 22.1 Å². The Morgan fingerprint density at radius 3 is 2.50 bits per heavy atom. The maximum atomic E-state index is 13.3. The molecule has 0 N–H and O–H groups in total. The van der Waals surface area contributed by atoms with Gasteiger partial charge in [-0.2, -0.15) is 0 Å². The molecule has 0 radical (unpaired) electrons. The third-order valence-electron chi connectivity index (χ3n) is 5.14. The van der Waals surface area contributed by atoms with Crippen molar-refractivity contribution >= 4 is 11.0 Å². The van der Waals surface area contributed by atoms with Crippen LogP contribution in [0.1, 0.15) is 31.1 Å². The maximum Gasteiger partial charge on any atom is 0.200 e. The van der Waals surface area contributed by atoms with E-state index < -0.39 is 0 Å². The fraction of sp³-hybridized carbons (Fsp3) is 0.348. The molecule has 0 spiro atoms. The van der Waals surface area contributed by atoms with Crippen LogP contribution in [-0.2, 0) is 6.42 Å². The second-order valence-electron chi connectivity index (χ2n) is 6.94. The lowest BCUT2D eigenvalue weighted by Gasteiger charge is -2.17. The van der Waals surface area contributed by atoms with Crippen LogP contribution < -0.4 is 19.6 Å². The fourth-order valence-corrected chi connectivity index (χ4v) is 3.64. The summed E-state index contributed by atoms with van der Waals surface area (Å²) in [6.45, 7) is 5.16. The van der Waals surface area contributed by atoms with E-state index in [0.29, 0.717) is 47.0 Å². The molecule has 0 bridgehead atoms. The molecule has 2 heterocycles. The number of rotatable bonds is 3. The molecule has 5 heteroatoms. The minimum absolute atomic E-state index is 0.0529. The molecule has 4 rings (SSSR count). The first-order chi connectivity index (χ1) is 13.6. The highest BCUT2D eigenvalue weighted by Gasteiger charge is 2.18. The molecule has 146 valence electrons. The molecule has 0 saturated carbocycles. The average Bonchev–Trinajstić information content (AvgIpc) is 2.68. The second-order valence-corrected chi connectivity index (χ2v) is 6.94. The molecule has 28 heavy (non-hydrogen) atoms. The van der Waals surface area contributed by atoms with Crippen molar-refractivity contribution in [3.63, 3.8) is 0 Å². The molecule has 0 aliphatic carbocycles. The molecule has 0 atom stereocenters. The van der Waals surface area contributed by atoms with Gasteiger partial charge >= 0.3 is 0 Å². The Balaban J connectivity index is 1.89. The predicted octanol–water partition coefficient (Wildman–Crippen LogP) is 4.89. The predicted molar refractivity (Wildman–Crippen MR) is 109 cm³/mol. The van der Waals surface area contributed by atoms with Crippen LogP contribution in [0, 0.1) is 6.92 Å². The Morgan fingerprint density at radius 1 is 1.04 bits per heavy atom. The zero-order chi connectivity index (χ0) is 19.7. The molecule has 2 aromatic carbocycles. The van der Waals surface area contributed by atoms with Gasteiger partial charge in [0, 0.05) is 6.07 Å². The monoisotopic (exact) mass is 380 g/mol. The number of hydrogen-bond donors (Lipinski definition) is 0. The van der Waals surface area contributed by atoms with Gasteiger partial charge in [-0.25, -0.2) is 0 Å². The maximum absolute atomic E-state index is 13.3. The number of ether oxygens (including phenoxy) is 3. The van der Waals surface area contributed by atoms with E-state index in [1.807, 2.05) is 38.1 Å². The molecule has 0 fully saturated rings. The first-order valence-electron chi connectivity index (χ1n) is 9.66. The molecule has 1 aliphatic heterocycles. The van der Waals surface area contributed by atoms with Crippen molar-refractivity contribution in [2.24, 2.45) is 0 Å². The molecule has 3 aromatic rings. The second kappa shape index (κ2) is 7.58. The van der Waals surface area contributed by atoms with Crippen LogP contribution in [0.5, 0.6) is 17.2 Å². The van der Waals surface area contributed by atoms with Crippen LogP contribution in [0.4, 0.5) is 0 Å². The number of hydrogen-bond acceptors (Lipinski definition) is 5. The van der Waals surface area contributed by atoms with E-state index in [-0.39, 0.29) is 5.43 Å². The van der Waals surface area contributed by atoms with Gasteiger partial charge in [0.15, 0.2) is 11.5 Å². The minimum atomic E-state index is -0.0529. The molecular formula is C23H24O5. The third kappa shape index (κ3) is 3.21. The van der Waals surface area contributed by atoms with Gasteiger partial charge in [0.25, 0.3) is 0 Å². The van der Waals surface area contributed by atoms with Gasteiger partial charge in [-0.3, -0.25) is 4.79 Å². The molecular weight excluding hydrogens is 356 g/mol. The molecule has 5 nitrogen and oxygen atoms in total. The zero-order valence-electron chi connectivity index (χ0n) is 16.5. The summed E-state index contributed by atoms with van der Waals surface area (Å²) in [7, 11) is 1.62. The van der Waals surface area contributed by atoms with Gasteiger partial charge in [0.1, 0.15) is 17.1 Å². The van der Waals surface area contributed by atoms with E-state index in [9.17, 15) is 4.79 Å². The summed E-state index contributed by atoms with van der Waals surface area (Å²) in [4.78, 5) is 13.3. The van der Waals surface area contributed by atoms with Gasteiger partial charge in [0.2, 0.25) is 5.43 Å². The van der Waals surface area contributed by atoms with Crippen molar-refractivity contribution < 1.29 is 18.6 Å². The SMILES string of the molecule is CCc1cc2c(=O)c(-c3ccc4c(c3)OCCCCO4)c(C)oc2cc1OC. The molecule has 1 aliphatic rings. The summed E-state index contributed by atoms with van der Waals surface area (Å²) in [5.74, 6) is 2.68. The fourth-order valence-electron chi connectivity index (χ4n) is 3.64. The Morgan fingerprint density at radius 2 is 1.79 bits per heavy atom. The lowest BCUT2D eigenvalue weighted by atomic mass is 10.00. The van der Waals surface area contributed by atoms with Crippen LogP contribution in [0.3, 0.4) is 0 Å². The molecule has 1 aromatic heterocycles. The lowest BCUT2D eigenvalue weighted by molar-refractivity contribution is 0.223. The van der Waals surface area contributed by atoms with Crippen molar-refractivity contribution in [1.82, 2.24) is 0 Å². The molecule has 0 amide bonds. The first kappa shape index (κ1) is 18.4. The van der Waals surface area contributed by atoms with E-state index >= 15 is 0 Å². The number of fused-ring (bicyclic) bond motifs is 2. The first-order valence-corrected chi connectivity index (χ1v) is 9.66. The van der Waals surface area contributed by atoms with Crippen molar-refractivity contribution in [1.29, 1.82) is 0 Å². The lowest BCUT2D eigenvalue weighted by Crippen LogP contribution is -2.10. The average molecular weight is 380 g/mol. The number of aryl methyl sites for hydroxylation is 2. The van der Waals surface area contributed by atoms with E-state index in [0.717, 1.165) is 36.1 Å². The third-order valence-corrected chi connectivity index (χ3v) is 5.14. The van der Waals surface area contributed by atoms with E-state index in [4.69, 9.17) is 18.6 Å². The summed E-state index contributed by atoms with van der Waals surface area (Å²) >= 11 is 0. The highest BCUT2D eigenvalue weighted by atomic mass is 16.5. The van der Waals surface area contributed by atoms with E-state index in [1.54, 1.807) is 13.2 Å². The van der Waals surface area contributed by atoms with E-state index in [2.05, 4.69) is 0 Å². The summed E-state index contributed by atoms with van der Waals surface area (Å²) in [5.41, 5.74) is 2.78. The minimum Gasteiger partial charge on any atom is -0.496 e. The van der Waals surface area contributed by atoms with Gasteiger partial charge in [0.05, 0.1) is 31.3 Å². The summed E-state index contributed by atoms with van der Waals surface area (Å²) in [6, 6.07) is 9.29. The number of methoxy groups -OCH3 is 1. The standard InChI is InChI=1S/C23H24O5/c1-4-15-11-17-20(13-19(15)25-3)28-14(2)22(23(17)24)16-7-8-18-21(12-16)27-10-6-5-9-26-18/h7-8,11-13H,4-6,9-10H2,1-3H3. The van der Waals surface area contributed by atoms with Crippen LogP contribution >= 0.6 is 0 Å². The highest BCUT2D eigenvalue weighted by molar-refractivity contribution is 5.85. The van der Waals surface area contributed by atoms with E-state index in [1.165, 1.54) is 0 Å². The van der Waals surface area contributed by atoms with Gasteiger partial charge < -0.3 is 18.6 Å². The Labute approximate surface area is 163 Å². The quantitative estimate of drug-likeness (QED) is 0.647. The van der Waals surface area contributed by atoms with Crippen molar-refractivity contribution in [3.05, 3.63) is 51.9 Å². The van der Waals surface area contributed by atoms with Gasteiger partial charge in [-0.1, -0.05) is 13.0 Å². The zero-order valence-corrected chi connectivity index (χ0v) is 16.5. The Hall–Kier alpha value is -2.95. The van der Waals surface area contributed by atoms with Crippen molar-refractivity contribution in [3.8, 4) is 28.4 Å². The Kier molecular flexibility index (Phi) is 4.99. The molecule has 0 unspecified atom stereocenters. The van der Waals surface area contributed by atoms with Crippen molar-refractivity contribution in [2.45, 2.75) is 33.1 Å². The molecule has 0 saturated heterocycles. The largest absolute Gasteiger partial charge is 0.496 e. The normalized spacial score (nSPS) is 13.8.